The number of nitrogens with zero attached hydrogens (tertiary/aromatic N) is 2. The van der Waals surface area contributed by atoms with Gasteiger partial charge in [0.1, 0.15) is 17.9 Å². The van der Waals surface area contributed by atoms with E-state index in [1.54, 1.807) is 18.7 Å². The average molecular weight is 421 g/mol. The Bertz CT molecular complexity index is 761. The molecule has 166 valence electrons. The van der Waals surface area contributed by atoms with Gasteiger partial charge in [-0.3, -0.25) is 4.90 Å². The van der Waals surface area contributed by atoms with Gasteiger partial charge in [0.05, 0.1) is 24.8 Å². The molecule has 2 saturated heterocycles. The monoisotopic (exact) mass is 420 g/mol. The van der Waals surface area contributed by atoms with Crippen LogP contribution in [-0.2, 0) is 20.8 Å². The molecule has 0 aromatic heterocycles. The first-order valence-electron chi connectivity index (χ1n) is 10.3. The third-order valence-corrected chi connectivity index (χ3v) is 5.35. The van der Waals surface area contributed by atoms with Crippen molar-refractivity contribution in [2.24, 2.45) is 0 Å². The van der Waals surface area contributed by atoms with Crippen LogP contribution < -0.4 is 0 Å². The second kappa shape index (κ2) is 8.43. The summed E-state index contributed by atoms with van der Waals surface area (Å²) in [6.45, 7) is 9.17. The van der Waals surface area contributed by atoms with E-state index < -0.39 is 29.6 Å². The minimum atomic E-state index is -0.887. The first-order valence-corrected chi connectivity index (χ1v) is 10.3. The second-order valence-corrected chi connectivity index (χ2v) is 9.29. The highest BCUT2D eigenvalue weighted by molar-refractivity contribution is 5.71. The molecule has 3 rings (SSSR count). The van der Waals surface area contributed by atoms with Gasteiger partial charge in [0.2, 0.25) is 0 Å². The summed E-state index contributed by atoms with van der Waals surface area (Å²) in [6, 6.07) is 8.57. The summed E-state index contributed by atoms with van der Waals surface area (Å²) in [6.07, 6.45) is -0.905. The number of piperidine rings is 1. The molecule has 2 aliphatic heterocycles. The minimum absolute atomic E-state index is 0.139. The van der Waals surface area contributed by atoms with Gasteiger partial charge in [0.25, 0.3) is 0 Å². The Labute approximate surface area is 177 Å². The van der Waals surface area contributed by atoms with Crippen molar-refractivity contribution in [2.75, 3.05) is 13.2 Å². The average Bonchev–Trinajstić information content (AvgIpc) is 2.93. The zero-order chi connectivity index (χ0) is 22.1. The number of carbonyl (C=O) groups excluding carboxylic acids is 2. The maximum atomic E-state index is 12.9. The smallest absolute Gasteiger partial charge is 0.412 e. The fraction of sp³-hybridized carbons (Fsp3) is 0.636. The van der Waals surface area contributed by atoms with Crippen LogP contribution in [0.3, 0.4) is 0 Å². The van der Waals surface area contributed by atoms with Crippen LogP contribution in [-0.4, -0.2) is 69.8 Å². The molecule has 8 nitrogen and oxygen atoms in total. The van der Waals surface area contributed by atoms with E-state index in [-0.39, 0.29) is 31.9 Å². The molecule has 30 heavy (non-hydrogen) atoms. The van der Waals surface area contributed by atoms with Gasteiger partial charge in [-0.25, -0.2) is 9.59 Å². The van der Waals surface area contributed by atoms with Gasteiger partial charge in [-0.2, -0.15) is 0 Å². The third kappa shape index (κ3) is 4.87. The van der Waals surface area contributed by atoms with E-state index in [0.717, 1.165) is 5.56 Å². The summed E-state index contributed by atoms with van der Waals surface area (Å²) < 4.78 is 17.2. The molecule has 0 saturated carbocycles. The quantitative estimate of drug-likeness (QED) is 0.808. The van der Waals surface area contributed by atoms with Crippen molar-refractivity contribution in [1.82, 2.24) is 9.80 Å². The van der Waals surface area contributed by atoms with Crippen molar-refractivity contribution in [3.05, 3.63) is 35.9 Å². The van der Waals surface area contributed by atoms with Crippen LogP contribution in [0.2, 0.25) is 0 Å². The highest BCUT2D eigenvalue weighted by Crippen LogP contribution is 2.39. The van der Waals surface area contributed by atoms with Crippen molar-refractivity contribution in [2.45, 2.75) is 77.2 Å². The van der Waals surface area contributed by atoms with Crippen LogP contribution in [0.4, 0.5) is 9.59 Å². The Morgan fingerprint density at radius 1 is 1.20 bits per heavy atom. The number of aliphatic hydroxyl groups is 1. The van der Waals surface area contributed by atoms with Crippen molar-refractivity contribution < 1.29 is 28.9 Å². The molecule has 3 atom stereocenters. The number of aliphatic hydroxyl groups excluding tert-OH is 1. The van der Waals surface area contributed by atoms with Crippen molar-refractivity contribution >= 4 is 12.2 Å². The molecule has 2 fully saturated rings. The molecule has 1 N–H and O–H groups in total. The van der Waals surface area contributed by atoms with Gasteiger partial charge in [0.15, 0.2) is 0 Å². The van der Waals surface area contributed by atoms with E-state index >= 15 is 0 Å². The number of carbonyl (C=O) groups is 2. The topological polar surface area (TPSA) is 88.5 Å². The van der Waals surface area contributed by atoms with Crippen molar-refractivity contribution in [1.29, 1.82) is 0 Å². The predicted octanol–water partition coefficient (Wildman–Crippen LogP) is 3.13. The number of fused-ring (bicyclic) bond motifs is 1. The number of hydrogen-bond acceptors (Lipinski definition) is 6. The van der Waals surface area contributed by atoms with Crippen molar-refractivity contribution in [3.63, 3.8) is 0 Å². The summed E-state index contributed by atoms with van der Waals surface area (Å²) in [5, 5.41) is 9.86. The lowest BCUT2D eigenvalue weighted by atomic mass is 9.95. The Morgan fingerprint density at radius 2 is 1.87 bits per heavy atom. The Hall–Kier alpha value is -2.32. The van der Waals surface area contributed by atoms with Crippen LogP contribution in [0, 0.1) is 0 Å². The van der Waals surface area contributed by atoms with E-state index in [2.05, 4.69) is 0 Å². The molecule has 2 aliphatic rings. The number of amides is 2. The van der Waals surface area contributed by atoms with E-state index in [1.807, 2.05) is 51.1 Å². The molecule has 2 heterocycles. The fourth-order valence-corrected chi connectivity index (χ4v) is 4.09. The van der Waals surface area contributed by atoms with Gasteiger partial charge in [0, 0.05) is 6.54 Å². The summed E-state index contributed by atoms with van der Waals surface area (Å²) in [5.74, 6) is 0. The Balaban J connectivity index is 1.75. The highest BCUT2D eigenvalue weighted by atomic mass is 16.6. The van der Waals surface area contributed by atoms with Gasteiger partial charge in [-0.05, 0) is 46.6 Å². The number of hydrogen-bond donors (Lipinski definition) is 1. The third-order valence-electron chi connectivity index (χ3n) is 5.35. The number of likely N-dealkylation sites (tertiary alicyclic amines) is 1. The molecule has 0 spiro atoms. The fourth-order valence-electron chi connectivity index (χ4n) is 4.09. The van der Waals surface area contributed by atoms with Crippen LogP contribution in [0.1, 0.15) is 46.6 Å². The molecule has 0 unspecified atom stereocenters. The summed E-state index contributed by atoms with van der Waals surface area (Å²) in [5.41, 5.74) is -0.661. The predicted molar refractivity (Wildman–Crippen MR) is 110 cm³/mol. The summed E-state index contributed by atoms with van der Waals surface area (Å²) in [4.78, 5) is 28.8. The molecular weight excluding hydrogens is 388 g/mol. The van der Waals surface area contributed by atoms with Crippen LogP contribution in [0.15, 0.2) is 30.3 Å². The molecule has 0 aliphatic carbocycles. The van der Waals surface area contributed by atoms with Gasteiger partial charge >= 0.3 is 12.2 Å². The number of ether oxygens (including phenoxy) is 3. The SMILES string of the molecule is CC(C)(C)OC(=O)N1[C@H]2CN(C(=O)OCc3ccccc3)[C@H](CO)C[C@H]2OC1(C)C. The molecule has 0 radical (unpaired) electrons. The molecule has 1 aromatic carbocycles. The van der Waals surface area contributed by atoms with E-state index in [4.69, 9.17) is 14.2 Å². The number of benzene rings is 1. The van der Waals surface area contributed by atoms with E-state index in [1.165, 1.54) is 4.90 Å². The first-order chi connectivity index (χ1) is 14.0. The minimum Gasteiger partial charge on any atom is -0.445 e. The zero-order valence-corrected chi connectivity index (χ0v) is 18.3. The standard InChI is InChI=1S/C22H32N2O6/c1-21(2,3)30-20(27)24-17-12-23(16(13-25)11-18(17)29-22(24,4)5)19(26)28-14-15-9-7-6-8-10-15/h6-10,16-18,25H,11-14H2,1-5H3/t16-,17-,18+/m0/s1. The molecule has 0 bridgehead atoms. The highest BCUT2D eigenvalue weighted by Gasteiger charge is 2.55. The molecule has 8 heteroatoms. The van der Waals surface area contributed by atoms with E-state index in [0.29, 0.717) is 6.42 Å². The largest absolute Gasteiger partial charge is 0.445 e. The maximum Gasteiger partial charge on any atom is 0.412 e. The van der Waals surface area contributed by atoms with Crippen LogP contribution >= 0.6 is 0 Å². The van der Waals surface area contributed by atoms with E-state index in [9.17, 15) is 14.7 Å². The Morgan fingerprint density at radius 3 is 2.47 bits per heavy atom. The van der Waals surface area contributed by atoms with Gasteiger partial charge < -0.3 is 24.2 Å². The zero-order valence-electron chi connectivity index (χ0n) is 18.3. The summed E-state index contributed by atoms with van der Waals surface area (Å²) >= 11 is 0. The van der Waals surface area contributed by atoms with Crippen molar-refractivity contribution in [3.8, 4) is 0 Å². The molecule has 1 aromatic rings. The van der Waals surface area contributed by atoms with Crippen LogP contribution in [0.25, 0.3) is 0 Å². The van der Waals surface area contributed by atoms with Crippen LogP contribution in [0.5, 0.6) is 0 Å². The normalized spacial score (nSPS) is 25.6. The van der Waals surface area contributed by atoms with Gasteiger partial charge in [-0.15, -0.1) is 0 Å². The first kappa shape index (κ1) is 22.4. The lowest BCUT2D eigenvalue weighted by Gasteiger charge is -2.41. The molecular formula is C22H32N2O6. The lowest BCUT2D eigenvalue weighted by molar-refractivity contribution is -0.0824. The maximum absolute atomic E-state index is 12.9. The number of rotatable bonds is 3. The summed E-state index contributed by atoms with van der Waals surface area (Å²) in [7, 11) is 0. The molecule has 2 amide bonds. The Kier molecular flexibility index (Phi) is 6.29. The second-order valence-electron chi connectivity index (χ2n) is 9.29. The lowest BCUT2D eigenvalue weighted by Crippen LogP contribution is -2.60. The van der Waals surface area contributed by atoms with Gasteiger partial charge in [-0.1, -0.05) is 30.3 Å².